The van der Waals surface area contributed by atoms with Crippen molar-refractivity contribution in [2.75, 3.05) is 11.9 Å². The van der Waals surface area contributed by atoms with Crippen molar-refractivity contribution < 1.29 is 18.8 Å². The Morgan fingerprint density at radius 1 is 1.31 bits per heavy atom. The van der Waals surface area contributed by atoms with Crippen molar-refractivity contribution in [2.24, 2.45) is 5.73 Å². The maximum Gasteiger partial charge on any atom is 0.269 e. The zero-order valence-corrected chi connectivity index (χ0v) is 18.4. The number of aromatic nitrogens is 4. The lowest BCUT2D eigenvalue weighted by molar-refractivity contribution is -0.137. The minimum Gasteiger partial charge on any atom is -0.364 e. The molecular formula is C20H19BrFN7O3. The SMILES string of the molecule is NC(=O)c1nn(CC(=O)N2CCC[C@H]2C(=O)Nc2cccc(Br)n2)c2cnc(CF)cc12. The van der Waals surface area contributed by atoms with Crippen LogP contribution in [0, 0.1) is 0 Å². The van der Waals surface area contributed by atoms with Gasteiger partial charge in [-0.1, -0.05) is 6.07 Å². The number of primary amides is 1. The summed E-state index contributed by atoms with van der Waals surface area (Å²) in [4.78, 5) is 47.2. The smallest absolute Gasteiger partial charge is 0.269 e. The lowest BCUT2D eigenvalue weighted by atomic mass is 10.2. The highest BCUT2D eigenvalue weighted by Gasteiger charge is 2.34. The van der Waals surface area contributed by atoms with Crippen molar-refractivity contribution in [3.05, 3.63) is 46.5 Å². The summed E-state index contributed by atoms with van der Waals surface area (Å²) in [5.41, 5.74) is 5.83. The first kappa shape index (κ1) is 21.8. The van der Waals surface area contributed by atoms with Gasteiger partial charge in [0.25, 0.3) is 5.91 Å². The Morgan fingerprint density at radius 3 is 2.84 bits per heavy atom. The number of hydrogen-bond acceptors (Lipinski definition) is 6. The van der Waals surface area contributed by atoms with Crippen LogP contribution in [-0.4, -0.2) is 55.0 Å². The average molecular weight is 504 g/mol. The maximum absolute atomic E-state index is 13.0. The fourth-order valence-electron chi connectivity index (χ4n) is 3.73. The average Bonchev–Trinajstić information content (AvgIpc) is 3.39. The highest BCUT2D eigenvalue weighted by atomic mass is 79.9. The molecular weight excluding hydrogens is 485 g/mol. The number of alkyl halides is 1. The van der Waals surface area contributed by atoms with Gasteiger partial charge in [0.05, 0.1) is 17.4 Å². The van der Waals surface area contributed by atoms with Crippen molar-refractivity contribution in [3.63, 3.8) is 0 Å². The molecule has 1 atom stereocenters. The van der Waals surface area contributed by atoms with Gasteiger partial charge in [-0.25, -0.2) is 9.37 Å². The van der Waals surface area contributed by atoms with E-state index in [4.69, 9.17) is 5.73 Å². The van der Waals surface area contributed by atoms with E-state index < -0.39 is 18.6 Å². The summed E-state index contributed by atoms with van der Waals surface area (Å²) >= 11 is 3.25. The summed E-state index contributed by atoms with van der Waals surface area (Å²) in [7, 11) is 0. The Morgan fingerprint density at radius 2 is 2.12 bits per heavy atom. The first-order valence-corrected chi connectivity index (χ1v) is 10.6. The number of nitrogens with zero attached hydrogens (tertiary/aromatic N) is 5. The molecule has 4 heterocycles. The minimum absolute atomic E-state index is 0.0682. The third kappa shape index (κ3) is 4.31. The van der Waals surface area contributed by atoms with E-state index in [1.54, 1.807) is 18.2 Å². The molecule has 0 radical (unpaired) electrons. The lowest BCUT2D eigenvalue weighted by Crippen LogP contribution is -2.44. The minimum atomic E-state index is -0.810. The van der Waals surface area contributed by atoms with Crippen LogP contribution in [0.3, 0.4) is 0 Å². The normalized spacial score (nSPS) is 15.8. The largest absolute Gasteiger partial charge is 0.364 e. The van der Waals surface area contributed by atoms with E-state index in [2.05, 4.69) is 36.3 Å². The van der Waals surface area contributed by atoms with Crippen LogP contribution < -0.4 is 11.1 Å². The molecule has 0 spiro atoms. The second-order valence-electron chi connectivity index (χ2n) is 7.28. The fourth-order valence-corrected chi connectivity index (χ4v) is 4.08. The van der Waals surface area contributed by atoms with Gasteiger partial charge in [0, 0.05) is 11.9 Å². The van der Waals surface area contributed by atoms with Gasteiger partial charge in [-0.15, -0.1) is 0 Å². The third-order valence-corrected chi connectivity index (χ3v) is 5.63. The van der Waals surface area contributed by atoms with Gasteiger partial charge in [-0.3, -0.25) is 24.0 Å². The molecule has 166 valence electrons. The fraction of sp³-hybridized carbons (Fsp3) is 0.300. The Balaban J connectivity index is 1.54. The van der Waals surface area contributed by atoms with Gasteiger partial charge in [-0.2, -0.15) is 5.10 Å². The molecule has 12 heteroatoms. The number of pyridine rings is 2. The number of hydrogen-bond donors (Lipinski definition) is 2. The standard InChI is InChI=1S/C20H19BrFN7O3/c21-15-4-1-5-16(25-15)26-20(32)13-3-2-6-28(13)17(30)10-29-14-9-24-11(8-22)7-12(14)18(27-29)19(23)31/h1,4-5,7,9,13H,2-3,6,8,10H2,(H2,23,31)(H,25,26,32)/t13-/m0/s1. The molecule has 1 saturated heterocycles. The molecule has 3 aromatic rings. The second-order valence-corrected chi connectivity index (χ2v) is 8.09. The molecule has 3 aromatic heterocycles. The third-order valence-electron chi connectivity index (χ3n) is 5.19. The van der Waals surface area contributed by atoms with Gasteiger partial charge in [0.15, 0.2) is 5.69 Å². The number of nitrogens with one attached hydrogen (secondary N) is 1. The summed E-state index contributed by atoms with van der Waals surface area (Å²) < 4.78 is 14.9. The molecule has 4 rings (SSSR count). The monoisotopic (exact) mass is 503 g/mol. The number of likely N-dealkylation sites (tertiary alicyclic amines) is 1. The topological polar surface area (TPSA) is 136 Å². The van der Waals surface area contributed by atoms with E-state index in [1.165, 1.54) is 21.8 Å². The Labute approximate surface area is 190 Å². The van der Waals surface area contributed by atoms with Gasteiger partial charge >= 0.3 is 0 Å². The van der Waals surface area contributed by atoms with Crippen LogP contribution in [0.1, 0.15) is 29.0 Å². The van der Waals surface area contributed by atoms with Crippen molar-refractivity contribution >= 4 is 50.4 Å². The summed E-state index contributed by atoms with van der Waals surface area (Å²) in [6.45, 7) is -0.621. The van der Waals surface area contributed by atoms with Gasteiger partial charge in [0.1, 0.15) is 29.7 Å². The summed E-state index contributed by atoms with van der Waals surface area (Å²) in [6, 6.07) is 5.87. The number of fused-ring (bicyclic) bond motifs is 1. The predicted octanol–water partition coefficient (Wildman–Crippen LogP) is 1.79. The predicted molar refractivity (Wildman–Crippen MR) is 116 cm³/mol. The van der Waals surface area contributed by atoms with Gasteiger partial charge in [0.2, 0.25) is 11.8 Å². The van der Waals surface area contributed by atoms with Crippen LogP contribution in [0.15, 0.2) is 35.1 Å². The van der Waals surface area contributed by atoms with Crippen molar-refractivity contribution in [1.29, 1.82) is 0 Å². The number of rotatable bonds is 6. The van der Waals surface area contributed by atoms with E-state index in [1.807, 2.05) is 0 Å². The van der Waals surface area contributed by atoms with Crippen LogP contribution in [-0.2, 0) is 22.8 Å². The van der Waals surface area contributed by atoms with Gasteiger partial charge < -0.3 is 16.0 Å². The van der Waals surface area contributed by atoms with E-state index >= 15 is 0 Å². The van der Waals surface area contributed by atoms with E-state index in [-0.39, 0.29) is 29.7 Å². The first-order valence-electron chi connectivity index (χ1n) is 9.81. The van der Waals surface area contributed by atoms with E-state index in [9.17, 15) is 18.8 Å². The number of carbonyl (C=O) groups excluding carboxylic acids is 3. The van der Waals surface area contributed by atoms with Crippen LogP contribution in [0.2, 0.25) is 0 Å². The number of carbonyl (C=O) groups is 3. The summed E-state index contributed by atoms with van der Waals surface area (Å²) in [5, 5.41) is 7.19. The highest BCUT2D eigenvalue weighted by molar-refractivity contribution is 9.10. The second kappa shape index (κ2) is 8.99. The Kier molecular flexibility index (Phi) is 6.12. The molecule has 0 aromatic carbocycles. The quantitative estimate of drug-likeness (QED) is 0.492. The first-order chi connectivity index (χ1) is 15.4. The molecule has 1 aliphatic rings. The number of anilines is 1. The van der Waals surface area contributed by atoms with E-state index in [0.29, 0.717) is 40.7 Å². The molecule has 1 aliphatic heterocycles. The van der Waals surface area contributed by atoms with Crippen LogP contribution in [0.25, 0.3) is 10.9 Å². The zero-order chi connectivity index (χ0) is 22.8. The summed E-state index contributed by atoms with van der Waals surface area (Å²) in [6.07, 6.45) is 2.53. The molecule has 10 nitrogen and oxygen atoms in total. The molecule has 0 bridgehead atoms. The molecule has 0 unspecified atom stereocenters. The number of nitrogens with two attached hydrogens (primary N) is 1. The van der Waals surface area contributed by atoms with Crippen molar-refractivity contribution in [3.8, 4) is 0 Å². The number of halogens is 2. The molecule has 0 aliphatic carbocycles. The molecule has 32 heavy (non-hydrogen) atoms. The molecule has 0 saturated carbocycles. The zero-order valence-electron chi connectivity index (χ0n) is 16.8. The Bertz CT molecular complexity index is 1220. The maximum atomic E-state index is 13.0. The summed E-state index contributed by atoms with van der Waals surface area (Å²) in [5.74, 6) is -1.10. The van der Waals surface area contributed by atoms with Crippen molar-refractivity contribution in [1.82, 2.24) is 24.6 Å². The lowest BCUT2D eigenvalue weighted by Gasteiger charge is -2.24. The highest BCUT2D eigenvalue weighted by Crippen LogP contribution is 2.23. The van der Waals surface area contributed by atoms with Crippen molar-refractivity contribution in [2.45, 2.75) is 32.1 Å². The molecule has 1 fully saturated rings. The van der Waals surface area contributed by atoms with Crippen LogP contribution in [0.5, 0.6) is 0 Å². The number of amides is 3. The molecule has 3 amide bonds. The van der Waals surface area contributed by atoms with E-state index in [0.717, 1.165) is 0 Å². The Hall–Kier alpha value is -3.41. The van der Waals surface area contributed by atoms with Crippen LogP contribution in [0.4, 0.5) is 10.2 Å². The van der Waals surface area contributed by atoms with Gasteiger partial charge in [-0.05, 0) is 47.0 Å². The van der Waals surface area contributed by atoms with Crippen LogP contribution >= 0.6 is 15.9 Å². The molecule has 3 N–H and O–H groups in total.